The number of sulfonamides is 1. The molecule has 2 rings (SSSR count). The predicted octanol–water partition coefficient (Wildman–Crippen LogP) is 3.18. The third-order valence-corrected chi connectivity index (χ3v) is 5.54. The van der Waals surface area contributed by atoms with Gasteiger partial charge < -0.3 is 0 Å². The van der Waals surface area contributed by atoms with Crippen molar-refractivity contribution in [3.05, 3.63) is 53.4 Å². The Balaban J connectivity index is 2.22. The maximum atomic E-state index is 12.1. The van der Waals surface area contributed by atoms with Crippen molar-refractivity contribution in [2.75, 3.05) is 0 Å². The smallest absolute Gasteiger partial charge is 0.206 e. The maximum Gasteiger partial charge on any atom is 0.250 e. The van der Waals surface area contributed by atoms with Crippen molar-refractivity contribution in [2.45, 2.75) is 23.6 Å². The van der Waals surface area contributed by atoms with Crippen molar-refractivity contribution in [3.8, 4) is 0 Å². The first-order valence-electron chi connectivity index (χ1n) is 5.74. The van der Waals surface area contributed by atoms with E-state index in [-0.39, 0.29) is 6.04 Å². The van der Waals surface area contributed by atoms with Crippen LogP contribution in [0.2, 0.25) is 0 Å². The van der Waals surface area contributed by atoms with Gasteiger partial charge in [-0.1, -0.05) is 43.3 Å². The summed E-state index contributed by atoms with van der Waals surface area (Å²) in [5.41, 5.74) is 0.986. The zero-order valence-corrected chi connectivity index (χ0v) is 11.7. The minimum Gasteiger partial charge on any atom is -0.206 e. The van der Waals surface area contributed by atoms with Crippen LogP contribution >= 0.6 is 11.3 Å². The second-order valence-corrected chi connectivity index (χ2v) is 6.81. The fourth-order valence-corrected chi connectivity index (χ4v) is 4.05. The molecule has 0 aliphatic heterocycles. The highest BCUT2D eigenvalue weighted by Gasteiger charge is 2.20. The fourth-order valence-electron chi connectivity index (χ4n) is 1.73. The zero-order chi connectivity index (χ0) is 13.0. The van der Waals surface area contributed by atoms with Gasteiger partial charge in [-0.2, -0.15) is 0 Å². The lowest BCUT2D eigenvalue weighted by atomic mass is 10.1. The van der Waals surface area contributed by atoms with E-state index in [9.17, 15) is 8.42 Å². The van der Waals surface area contributed by atoms with Gasteiger partial charge in [-0.3, -0.25) is 0 Å². The van der Waals surface area contributed by atoms with Crippen LogP contribution in [0.1, 0.15) is 24.9 Å². The van der Waals surface area contributed by atoms with Crippen LogP contribution in [-0.2, 0) is 10.0 Å². The molecule has 0 radical (unpaired) electrons. The third-order valence-electron chi connectivity index (χ3n) is 2.67. The standard InChI is InChI=1S/C13H15NO2S2/c1-2-12(11-7-4-3-5-8-11)14-18(15,16)13-9-6-10-17-13/h3-10,12,14H,2H2,1H3/t12-/m0/s1. The summed E-state index contributed by atoms with van der Waals surface area (Å²) in [7, 11) is -3.41. The van der Waals surface area contributed by atoms with Crippen molar-refractivity contribution in [1.29, 1.82) is 0 Å². The summed E-state index contributed by atoms with van der Waals surface area (Å²) in [6.45, 7) is 1.97. The molecule has 5 heteroatoms. The van der Waals surface area contributed by atoms with Crippen LogP contribution in [0.3, 0.4) is 0 Å². The van der Waals surface area contributed by atoms with Crippen molar-refractivity contribution >= 4 is 21.4 Å². The molecule has 0 spiro atoms. The van der Waals surface area contributed by atoms with Crippen molar-refractivity contribution in [1.82, 2.24) is 4.72 Å². The van der Waals surface area contributed by atoms with E-state index in [2.05, 4.69) is 4.72 Å². The maximum absolute atomic E-state index is 12.1. The van der Waals surface area contributed by atoms with Crippen LogP contribution in [0.4, 0.5) is 0 Å². The highest BCUT2D eigenvalue weighted by atomic mass is 32.2. The van der Waals surface area contributed by atoms with Gasteiger partial charge in [-0.15, -0.1) is 11.3 Å². The molecule has 0 unspecified atom stereocenters. The summed E-state index contributed by atoms with van der Waals surface area (Å²) in [6.07, 6.45) is 0.717. The number of rotatable bonds is 5. The van der Waals surface area contributed by atoms with E-state index < -0.39 is 10.0 Å². The molecule has 1 N–H and O–H groups in total. The first kappa shape index (κ1) is 13.3. The summed E-state index contributed by atoms with van der Waals surface area (Å²) in [6, 6.07) is 12.8. The van der Waals surface area contributed by atoms with Crippen LogP contribution < -0.4 is 4.72 Å². The number of thiophene rings is 1. The molecule has 18 heavy (non-hydrogen) atoms. The lowest BCUT2D eigenvalue weighted by Crippen LogP contribution is -2.27. The molecule has 2 aromatic rings. The predicted molar refractivity (Wildman–Crippen MR) is 74.1 cm³/mol. The Morgan fingerprint density at radius 3 is 2.44 bits per heavy atom. The van der Waals surface area contributed by atoms with Gasteiger partial charge in [0.15, 0.2) is 0 Å². The van der Waals surface area contributed by atoms with E-state index in [4.69, 9.17) is 0 Å². The van der Waals surface area contributed by atoms with Crippen molar-refractivity contribution in [2.24, 2.45) is 0 Å². The monoisotopic (exact) mass is 281 g/mol. The second kappa shape index (κ2) is 5.65. The van der Waals surface area contributed by atoms with Crippen LogP contribution in [0, 0.1) is 0 Å². The molecule has 96 valence electrons. The van der Waals surface area contributed by atoms with Crippen molar-refractivity contribution < 1.29 is 8.42 Å². The van der Waals surface area contributed by atoms with E-state index in [0.717, 1.165) is 5.56 Å². The Morgan fingerprint density at radius 2 is 1.89 bits per heavy atom. The van der Waals surface area contributed by atoms with E-state index in [1.54, 1.807) is 17.5 Å². The summed E-state index contributed by atoms with van der Waals surface area (Å²) >= 11 is 1.23. The summed E-state index contributed by atoms with van der Waals surface area (Å²) in [4.78, 5) is 0. The van der Waals surface area contributed by atoms with Gasteiger partial charge in [-0.25, -0.2) is 13.1 Å². The molecule has 3 nitrogen and oxygen atoms in total. The van der Waals surface area contributed by atoms with Gasteiger partial charge >= 0.3 is 0 Å². The molecule has 0 bridgehead atoms. The molecule has 0 fully saturated rings. The Labute approximate surface area is 112 Å². The highest BCUT2D eigenvalue weighted by molar-refractivity contribution is 7.91. The normalized spacial score (nSPS) is 13.4. The summed E-state index contributed by atoms with van der Waals surface area (Å²) in [5, 5.41) is 1.76. The van der Waals surface area contributed by atoms with Gasteiger partial charge in [-0.05, 0) is 23.4 Å². The van der Waals surface area contributed by atoms with Crippen LogP contribution in [-0.4, -0.2) is 8.42 Å². The van der Waals surface area contributed by atoms with Crippen molar-refractivity contribution in [3.63, 3.8) is 0 Å². The topological polar surface area (TPSA) is 46.2 Å². The molecule has 1 heterocycles. The minimum absolute atomic E-state index is 0.182. The number of benzene rings is 1. The molecular formula is C13H15NO2S2. The van der Waals surface area contributed by atoms with E-state index >= 15 is 0 Å². The van der Waals surface area contributed by atoms with Gasteiger partial charge in [0.05, 0.1) is 0 Å². The Kier molecular flexibility index (Phi) is 4.16. The fraction of sp³-hybridized carbons (Fsp3) is 0.231. The van der Waals surface area contributed by atoms with Gasteiger partial charge in [0.1, 0.15) is 4.21 Å². The molecule has 0 aliphatic carbocycles. The number of hydrogen-bond donors (Lipinski definition) is 1. The summed E-state index contributed by atoms with van der Waals surface area (Å²) in [5.74, 6) is 0. The second-order valence-electron chi connectivity index (χ2n) is 3.92. The van der Waals surface area contributed by atoms with Gasteiger partial charge in [0.2, 0.25) is 0 Å². The third kappa shape index (κ3) is 2.98. The minimum atomic E-state index is -3.41. The first-order chi connectivity index (χ1) is 8.63. The molecule has 1 atom stereocenters. The molecule has 0 aliphatic rings. The Hall–Kier alpha value is -1.17. The van der Waals surface area contributed by atoms with Gasteiger partial charge in [0, 0.05) is 6.04 Å². The average Bonchev–Trinajstić information content (AvgIpc) is 2.92. The molecule has 1 aromatic carbocycles. The Bertz CT molecular complexity index is 577. The largest absolute Gasteiger partial charge is 0.250 e. The van der Waals surface area contributed by atoms with E-state index in [1.807, 2.05) is 37.3 Å². The van der Waals surface area contributed by atoms with Crippen LogP contribution in [0.15, 0.2) is 52.1 Å². The van der Waals surface area contributed by atoms with E-state index in [0.29, 0.717) is 10.6 Å². The SMILES string of the molecule is CC[C@H](NS(=O)(=O)c1cccs1)c1ccccc1. The highest BCUT2D eigenvalue weighted by Crippen LogP contribution is 2.22. The first-order valence-corrected chi connectivity index (χ1v) is 8.10. The quantitative estimate of drug-likeness (QED) is 0.915. The number of nitrogens with one attached hydrogen (secondary N) is 1. The lowest BCUT2D eigenvalue weighted by molar-refractivity contribution is 0.552. The van der Waals surface area contributed by atoms with E-state index in [1.165, 1.54) is 11.3 Å². The zero-order valence-electron chi connectivity index (χ0n) is 10.0. The molecule has 1 aromatic heterocycles. The average molecular weight is 281 g/mol. The molecule has 0 saturated carbocycles. The van der Waals surface area contributed by atoms with Crippen LogP contribution in [0.5, 0.6) is 0 Å². The number of hydrogen-bond acceptors (Lipinski definition) is 3. The van der Waals surface area contributed by atoms with Gasteiger partial charge in [0.25, 0.3) is 10.0 Å². The molecule has 0 saturated heterocycles. The summed E-state index contributed by atoms with van der Waals surface area (Å²) < 4.78 is 27.4. The molecular weight excluding hydrogens is 266 g/mol. The van der Waals surface area contributed by atoms with Crippen LogP contribution in [0.25, 0.3) is 0 Å². The Morgan fingerprint density at radius 1 is 1.17 bits per heavy atom. The lowest BCUT2D eigenvalue weighted by Gasteiger charge is -2.16. The molecule has 0 amide bonds.